The largest absolute Gasteiger partial charge is 0.375 e. The number of benzene rings is 1. The fraction of sp³-hybridized carbons (Fsp3) is 0.379. The van der Waals surface area contributed by atoms with Crippen LogP contribution in [0.3, 0.4) is 0 Å². The summed E-state index contributed by atoms with van der Waals surface area (Å²) in [7, 11) is -3.79. The summed E-state index contributed by atoms with van der Waals surface area (Å²) in [5.41, 5.74) is 8.78. The van der Waals surface area contributed by atoms with Crippen LogP contribution in [0.2, 0.25) is 0 Å². The number of nitrogens with zero attached hydrogens (tertiary/aromatic N) is 5. The number of ether oxygens (including phenoxy) is 1. The van der Waals surface area contributed by atoms with Crippen molar-refractivity contribution in [3.63, 3.8) is 0 Å². The summed E-state index contributed by atoms with van der Waals surface area (Å²) in [4.78, 5) is 8.41. The Balaban J connectivity index is 1.44. The molecule has 4 aromatic rings. The Morgan fingerprint density at radius 2 is 1.93 bits per heavy atom. The van der Waals surface area contributed by atoms with Crippen LogP contribution in [0.4, 0.5) is 8.78 Å². The van der Waals surface area contributed by atoms with Crippen LogP contribution in [-0.2, 0) is 21.0 Å². The van der Waals surface area contributed by atoms with E-state index in [2.05, 4.69) is 28.1 Å². The van der Waals surface area contributed by atoms with E-state index in [1.165, 1.54) is 10.6 Å². The number of halogens is 2. The molecule has 1 fully saturated rings. The maximum atomic E-state index is 14.9. The highest BCUT2D eigenvalue weighted by Gasteiger charge is 2.35. The molecule has 12 heteroatoms. The van der Waals surface area contributed by atoms with Gasteiger partial charge < -0.3 is 10.5 Å². The molecule has 2 N–H and O–H groups in total. The second-order valence-electron chi connectivity index (χ2n) is 10.6. The minimum atomic E-state index is -3.79. The Bertz CT molecular complexity index is 1700. The van der Waals surface area contributed by atoms with E-state index in [1.807, 2.05) is 6.07 Å². The first-order chi connectivity index (χ1) is 19.6. The predicted octanol–water partition coefficient (Wildman–Crippen LogP) is 4.20. The van der Waals surface area contributed by atoms with E-state index in [9.17, 15) is 17.2 Å². The highest BCUT2D eigenvalue weighted by molar-refractivity contribution is 7.90. The van der Waals surface area contributed by atoms with Crippen molar-refractivity contribution in [2.45, 2.75) is 55.6 Å². The second kappa shape index (κ2) is 11.6. The van der Waals surface area contributed by atoms with Gasteiger partial charge in [0, 0.05) is 31.1 Å². The Labute approximate surface area is 236 Å². The molecule has 3 heterocycles. The van der Waals surface area contributed by atoms with Crippen LogP contribution in [0.15, 0.2) is 53.8 Å². The summed E-state index contributed by atoms with van der Waals surface area (Å²) in [6.45, 7) is 2.47. The predicted molar refractivity (Wildman–Crippen MR) is 148 cm³/mol. The van der Waals surface area contributed by atoms with E-state index >= 15 is 0 Å². The molecule has 41 heavy (non-hydrogen) atoms. The molecular weight excluding hydrogens is 550 g/mol. The van der Waals surface area contributed by atoms with Gasteiger partial charge in [0.2, 0.25) is 0 Å². The number of sulfone groups is 1. The van der Waals surface area contributed by atoms with Gasteiger partial charge in [-0.1, -0.05) is 6.92 Å². The zero-order valence-electron chi connectivity index (χ0n) is 22.7. The van der Waals surface area contributed by atoms with Crippen molar-refractivity contribution in [1.82, 2.24) is 19.6 Å². The quantitative estimate of drug-likeness (QED) is 0.306. The van der Waals surface area contributed by atoms with E-state index in [0.717, 1.165) is 35.9 Å². The van der Waals surface area contributed by atoms with Gasteiger partial charge in [-0.2, -0.15) is 10.4 Å². The highest BCUT2D eigenvalue weighted by atomic mass is 32.2. The molecule has 9 nitrogen and oxygen atoms in total. The number of imidazole rings is 1. The van der Waals surface area contributed by atoms with Gasteiger partial charge in [-0.05, 0) is 66.1 Å². The molecule has 214 valence electrons. The lowest BCUT2D eigenvalue weighted by atomic mass is 9.73. The smallest absolute Gasteiger partial charge is 0.175 e. The summed E-state index contributed by atoms with van der Waals surface area (Å²) >= 11 is 0. The van der Waals surface area contributed by atoms with Crippen molar-refractivity contribution in [1.29, 1.82) is 5.26 Å². The molecule has 0 radical (unpaired) electrons. The minimum absolute atomic E-state index is 0.00716. The van der Waals surface area contributed by atoms with Crippen LogP contribution in [0, 0.1) is 28.9 Å². The average Bonchev–Trinajstić information content (AvgIpc) is 3.31. The normalized spacial score (nSPS) is 21.2. The fourth-order valence-corrected chi connectivity index (χ4v) is 6.33. The zero-order chi connectivity index (χ0) is 29.3. The van der Waals surface area contributed by atoms with Gasteiger partial charge in [0.1, 0.15) is 17.5 Å². The van der Waals surface area contributed by atoms with Crippen LogP contribution in [0.25, 0.3) is 16.8 Å². The Morgan fingerprint density at radius 3 is 2.61 bits per heavy atom. The Hall–Kier alpha value is -3.79. The molecule has 0 bridgehead atoms. The topological polar surface area (TPSA) is 136 Å². The van der Waals surface area contributed by atoms with Crippen molar-refractivity contribution >= 4 is 15.4 Å². The van der Waals surface area contributed by atoms with Gasteiger partial charge in [-0.15, -0.1) is 0 Å². The van der Waals surface area contributed by atoms with Crippen molar-refractivity contribution in [2.24, 2.45) is 11.7 Å². The molecule has 0 amide bonds. The van der Waals surface area contributed by atoms with Crippen molar-refractivity contribution in [2.75, 3.05) is 12.9 Å². The molecule has 0 saturated heterocycles. The first kappa shape index (κ1) is 28.7. The van der Waals surface area contributed by atoms with Crippen LogP contribution in [-0.4, -0.2) is 53.0 Å². The number of hydrogen-bond acceptors (Lipinski definition) is 8. The van der Waals surface area contributed by atoms with Crippen LogP contribution < -0.4 is 5.73 Å². The first-order valence-electron chi connectivity index (χ1n) is 13.3. The lowest BCUT2D eigenvalue weighted by molar-refractivity contribution is -0.0199. The molecule has 3 aromatic heterocycles. The van der Waals surface area contributed by atoms with Gasteiger partial charge in [0.25, 0.3) is 0 Å². The first-order valence-corrected chi connectivity index (χ1v) is 15.2. The van der Waals surface area contributed by atoms with Gasteiger partial charge in [0.05, 0.1) is 53.1 Å². The molecular formula is C29H30F2N6O3S. The minimum Gasteiger partial charge on any atom is -0.375 e. The van der Waals surface area contributed by atoms with Gasteiger partial charge in [-0.3, -0.25) is 4.98 Å². The number of fused-ring (bicyclic) bond motifs is 1. The van der Waals surface area contributed by atoms with E-state index in [1.54, 1.807) is 24.7 Å². The lowest BCUT2D eigenvalue weighted by Gasteiger charge is -2.39. The Kier molecular flexibility index (Phi) is 8.13. The molecule has 1 aliphatic carbocycles. The highest BCUT2D eigenvalue weighted by Crippen LogP contribution is 2.38. The summed E-state index contributed by atoms with van der Waals surface area (Å²) in [5, 5.41) is 13.3. The molecule has 0 spiro atoms. The van der Waals surface area contributed by atoms with E-state index < -0.39 is 31.9 Å². The maximum Gasteiger partial charge on any atom is 0.175 e. The average molecular weight is 581 g/mol. The van der Waals surface area contributed by atoms with Crippen LogP contribution >= 0.6 is 0 Å². The van der Waals surface area contributed by atoms with Gasteiger partial charge in [0.15, 0.2) is 9.84 Å². The third-order valence-corrected chi connectivity index (χ3v) is 8.70. The maximum absolute atomic E-state index is 14.9. The summed E-state index contributed by atoms with van der Waals surface area (Å²) < 4.78 is 60.9. The summed E-state index contributed by atoms with van der Waals surface area (Å²) in [6, 6.07) is 8.61. The van der Waals surface area contributed by atoms with Gasteiger partial charge in [-0.25, -0.2) is 26.7 Å². The monoisotopic (exact) mass is 580 g/mol. The van der Waals surface area contributed by atoms with Crippen molar-refractivity contribution in [3.05, 3.63) is 77.5 Å². The fourth-order valence-electron chi connectivity index (χ4n) is 5.70. The molecule has 0 unspecified atom stereocenters. The van der Waals surface area contributed by atoms with Crippen LogP contribution in [0.1, 0.15) is 49.1 Å². The van der Waals surface area contributed by atoms with E-state index in [0.29, 0.717) is 37.2 Å². The third-order valence-electron chi connectivity index (χ3n) is 7.60. The molecule has 0 aliphatic heterocycles. The molecule has 1 aliphatic rings. The third kappa shape index (κ3) is 5.98. The molecule has 5 rings (SSSR count). The van der Waals surface area contributed by atoms with E-state index in [-0.39, 0.29) is 29.7 Å². The number of rotatable bonds is 8. The number of hydrogen-bond donors (Lipinski definition) is 1. The Morgan fingerprint density at radius 1 is 1.17 bits per heavy atom. The van der Waals surface area contributed by atoms with E-state index in [4.69, 9.17) is 15.7 Å². The summed E-state index contributed by atoms with van der Waals surface area (Å²) in [6.07, 6.45) is 8.20. The van der Waals surface area contributed by atoms with Gasteiger partial charge >= 0.3 is 0 Å². The van der Waals surface area contributed by atoms with Crippen molar-refractivity contribution in [3.8, 4) is 17.3 Å². The zero-order valence-corrected chi connectivity index (χ0v) is 23.5. The number of nitrogens with two attached hydrogens (primary N) is 1. The SMILES string of the molecule is C[C@H]1C[C@@H](c2ccncc2Cc2ncc3ccc(-c4c(F)cc(S(C)(=O)=O)cc4F)nn23)C[C@@H](N)[C@H]1OCCC#N. The molecule has 1 saturated carbocycles. The molecule has 4 atom stereocenters. The second-order valence-corrected chi connectivity index (χ2v) is 12.6. The number of aromatic nitrogens is 4. The molecule has 1 aromatic carbocycles. The standard InChI is InChI=1S/C29H30F2N6O3S/c1-17-10-18(11-25(33)29(17)40-9-3-7-32)22-6-8-34-15-19(22)12-27-35-16-20-4-5-26(36-37(20)27)28-23(30)13-21(14-24(28)31)41(2,38)39/h4-6,8,13-18,25,29H,3,9-12,33H2,1-2H3/t17-,18+,25+,29-/m0/s1. The number of nitriles is 1. The van der Waals surface area contributed by atoms with Crippen LogP contribution in [0.5, 0.6) is 0 Å². The van der Waals surface area contributed by atoms with Crippen molar-refractivity contribution < 1.29 is 21.9 Å². The summed E-state index contributed by atoms with van der Waals surface area (Å²) in [5.74, 6) is -1.13. The number of pyridine rings is 1. The lowest BCUT2D eigenvalue weighted by Crippen LogP contribution is -2.46.